The predicted octanol–water partition coefficient (Wildman–Crippen LogP) is 3.25. The van der Waals surface area contributed by atoms with E-state index in [4.69, 9.17) is 9.47 Å². The lowest BCUT2D eigenvalue weighted by molar-refractivity contribution is -0.245. The van der Waals surface area contributed by atoms with Gasteiger partial charge in [0, 0.05) is 12.8 Å². The SMILES string of the molecule is CC1CC2CCCC(C2)C12COC1(CCCC(O)C1)O2. The maximum absolute atomic E-state index is 10.0. The molecule has 20 heavy (non-hydrogen) atoms. The number of ether oxygens (including phenoxy) is 2. The van der Waals surface area contributed by atoms with Crippen LogP contribution in [-0.4, -0.2) is 29.2 Å². The van der Waals surface area contributed by atoms with Gasteiger partial charge in [-0.3, -0.25) is 0 Å². The summed E-state index contributed by atoms with van der Waals surface area (Å²) in [6.45, 7) is 3.13. The molecule has 4 aliphatic rings. The predicted molar refractivity (Wildman–Crippen MR) is 76.2 cm³/mol. The summed E-state index contributed by atoms with van der Waals surface area (Å²) in [6.07, 6.45) is 10.1. The normalized spacial score (nSPS) is 55.5. The molecule has 3 saturated carbocycles. The number of aliphatic hydroxyl groups excluding tert-OH is 1. The minimum atomic E-state index is -0.462. The van der Waals surface area contributed by atoms with Crippen LogP contribution in [0.4, 0.5) is 0 Å². The largest absolute Gasteiger partial charge is 0.393 e. The molecule has 1 heterocycles. The monoisotopic (exact) mass is 280 g/mol. The Bertz CT molecular complexity index is 382. The molecule has 1 saturated heterocycles. The van der Waals surface area contributed by atoms with Gasteiger partial charge in [0.1, 0.15) is 5.60 Å². The highest BCUT2D eigenvalue weighted by Crippen LogP contribution is 2.56. The van der Waals surface area contributed by atoms with Gasteiger partial charge in [-0.1, -0.05) is 19.8 Å². The van der Waals surface area contributed by atoms with Crippen LogP contribution in [0.5, 0.6) is 0 Å². The molecule has 2 spiro atoms. The molecule has 0 aromatic rings. The summed E-state index contributed by atoms with van der Waals surface area (Å²) in [5, 5.41) is 10.0. The van der Waals surface area contributed by atoms with Gasteiger partial charge in [-0.15, -0.1) is 0 Å². The van der Waals surface area contributed by atoms with Crippen LogP contribution in [0.1, 0.15) is 64.7 Å². The molecule has 0 aromatic heterocycles. The molecule has 0 aromatic carbocycles. The standard InChI is InChI=1S/C17H28O3/c1-12-8-13-4-2-5-14(9-13)17(12)11-19-16(20-17)7-3-6-15(18)10-16/h12-15,18H,2-11H2,1H3. The van der Waals surface area contributed by atoms with Gasteiger partial charge in [0.05, 0.1) is 12.7 Å². The maximum Gasteiger partial charge on any atom is 0.171 e. The Balaban J connectivity index is 1.58. The fraction of sp³-hybridized carbons (Fsp3) is 1.00. The Kier molecular flexibility index (Phi) is 3.17. The third-order valence-corrected chi connectivity index (χ3v) is 6.57. The maximum atomic E-state index is 10.0. The lowest BCUT2D eigenvalue weighted by Gasteiger charge is -2.51. The zero-order valence-corrected chi connectivity index (χ0v) is 12.6. The lowest BCUT2D eigenvalue weighted by atomic mass is 9.60. The molecular formula is C17H28O3. The number of rotatable bonds is 0. The fourth-order valence-corrected chi connectivity index (χ4v) is 5.54. The Labute approximate surface area is 122 Å². The number of hydrogen-bond acceptors (Lipinski definition) is 3. The Hall–Kier alpha value is -0.120. The van der Waals surface area contributed by atoms with Crippen molar-refractivity contribution < 1.29 is 14.6 Å². The smallest absolute Gasteiger partial charge is 0.171 e. The average Bonchev–Trinajstić information content (AvgIpc) is 2.78. The van der Waals surface area contributed by atoms with Crippen LogP contribution >= 0.6 is 0 Å². The van der Waals surface area contributed by atoms with Crippen molar-refractivity contribution in [3.63, 3.8) is 0 Å². The van der Waals surface area contributed by atoms with Crippen molar-refractivity contribution in [3.05, 3.63) is 0 Å². The first kappa shape index (κ1) is 13.5. The van der Waals surface area contributed by atoms with Crippen LogP contribution < -0.4 is 0 Å². The summed E-state index contributed by atoms with van der Waals surface area (Å²) in [7, 11) is 0. The van der Waals surface area contributed by atoms with E-state index in [1.54, 1.807) is 0 Å². The average molecular weight is 280 g/mol. The van der Waals surface area contributed by atoms with E-state index in [2.05, 4.69) is 6.92 Å². The van der Waals surface area contributed by atoms with Crippen molar-refractivity contribution >= 4 is 0 Å². The quantitative estimate of drug-likeness (QED) is 0.740. The molecule has 1 N–H and O–H groups in total. The van der Waals surface area contributed by atoms with Crippen molar-refractivity contribution in [2.75, 3.05) is 6.61 Å². The van der Waals surface area contributed by atoms with Gasteiger partial charge >= 0.3 is 0 Å². The highest BCUT2D eigenvalue weighted by molar-refractivity contribution is 5.05. The second kappa shape index (κ2) is 4.69. The van der Waals surface area contributed by atoms with Gasteiger partial charge in [-0.2, -0.15) is 0 Å². The van der Waals surface area contributed by atoms with Crippen LogP contribution in [0, 0.1) is 17.8 Å². The van der Waals surface area contributed by atoms with Gasteiger partial charge < -0.3 is 14.6 Å². The topological polar surface area (TPSA) is 38.7 Å². The first-order valence-electron chi connectivity index (χ1n) is 8.64. The fourth-order valence-electron chi connectivity index (χ4n) is 5.54. The second-order valence-corrected chi connectivity index (χ2v) is 7.87. The molecule has 2 bridgehead atoms. The zero-order chi connectivity index (χ0) is 13.8. The molecule has 114 valence electrons. The van der Waals surface area contributed by atoms with E-state index in [9.17, 15) is 5.11 Å². The third kappa shape index (κ3) is 1.97. The first-order chi connectivity index (χ1) is 9.62. The highest BCUT2D eigenvalue weighted by atomic mass is 16.8. The van der Waals surface area contributed by atoms with Crippen LogP contribution in [0.25, 0.3) is 0 Å². The molecule has 0 radical (unpaired) electrons. The van der Waals surface area contributed by atoms with Crippen molar-refractivity contribution in [2.45, 2.75) is 82.2 Å². The van der Waals surface area contributed by atoms with Gasteiger partial charge in [-0.25, -0.2) is 0 Å². The van der Waals surface area contributed by atoms with E-state index in [1.807, 2.05) is 0 Å². The van der Waals surface area contributed by atoms with Crippen molar-refractivity contribution in [3.8, 4) is 0 Å². The van der Waals surface area contributed by atoms with Gasteiger partial charge in [0.25, 0.3) is 0 Å². The van der Waals surface area contributed by atoms with E-state index in [1.165, 1.54) is 32.1 Å². The third-order valence-electron chi connectivity index (χ3n) is 6.57. The van der Waals surface area contributed by atoms with Crippen molar-refractivity contribution in [1.82, 2.24) is 0 Å². The van der Waals surface area contributed by atoms with Gasteiger partial charge in [0.15, 0.2) is 5.79 Å². The molecule has 3 nitrogen and oxygen atoms in total. The Morgan fingerprint density at radius 3 is 2.85 bits per heavy atom. The summed E-state index contributed by atoms with van der Waals surface area (Å²) >= 11 is 0. The summed E-state index contributed by atoms with van der Waals surface area (Å²) in [4.78, 5) is 0. The summed E-state index contributed by atoms with van der Waals surface area (Å²) in [5.74, 6) is 1.75. The van der Waals surface area contributed by atoms with Crippen molar-refractivity contribution in [2.24, 2.45) is 17.8 Å². The zero-order valence-electron chi connectivity index (χ0n) is 12.6. The van der Waals surface area contributed by atoms with Crippen molar-refractivity contribution in [1.29, 1.82) is 0 Å². The van der Waals surface area contributed by atoms with Crippen LogP contribution in [-0.2, 0) is 9.47 Å². The summed E-state index contributed by atoms with van der Waals surface area (Å²) < 4.78 is 12.9. The molecule has 0 amide bonds. The van der Waals surface area contributed by atoms with Crippen LogP contribution in [0.15, 0.2) is 0 Å². The lowest BCUT2D eigenvalue weighted by Crippen LogP contribution is -2.54. The molecule has 3 aliphatic carbocycles. The first-order valence-corrected chi connectivity index (χ1v) is 8.64. The number of aliphatic hydroxyl groups is 1. The number of fused-ring (bicyclic) bond motifs is 3. The molecular weight excluding hydrogens is 252 g/mol. The molecule has 6 atom stereocenters. The second-order valence-electron chi connectivity index (χ2n) is 7.87. The van der Waals surface area contributed by atoms with E-state index in [0.29, 0.717) is 18.3 Å². The van der Waals surface area contributed by atoms with E-state index < -0.39 is 5.79 Å². The molecule has 6 unspecified atom stereocenters. The van der Waals surface area contributed by atoms with E-state index in [-0.39, 0.29) is 11.7 Å². The number of hydrogen-bond donors (Lipinski definition) is 1. The molecule has 4 fully saturated rings. The minimum Gasteiger partial charge on any atom is -0.393 e. The van der Waals surface area contributed by atoms with Gasteiger partial charge in [0.2, 0.25) is 0 Å². The highest BCUT2D eigenvalue weighted by Gasteiger charge is 2.60. The van der Waals surface area contributed by atoms with Crippen LogP contribution in [0.3, 0.4) is 0 Å². The summed E-state index contributed by atoms with van der Waals surface area (Å²) in [6, 6.07) is 0. The molecule has 4 rings (SSSR count). The van der Waals surface area contributed by atoms with E-state index in [0.717, 1.165) is 31.8 Å². The van der Waals surface area contributed by atoms with Gasteiger partial charge in [-0.05, 0) is 49.9 Å². The summed E-state index contributed by atoms with van der Waals surface area (Å²) in [5.41, 5.74) is -0.0476. The Morgan fingerprint density at radius 1 is 1.10 bits per heavy atom. The minimum absolute atomic E-state index is 0.0476. The Morgan fingerprint density at radius 2 is 2.00 bits per heavy atom. The van der Waals surface area contributed by atoms with Crippen LogP contribution in [0.2, 0.25) is 0 Å². The molecule has 1 aliphatic heterocycles. The van der Waals surface area contributed by atoms with E-state index >= 15 is 0 Å². The molecule has 3 heteroatoms.